The molecule has 0 aliphatic heterocycles. The Morgan fingerprint density at radius 2 is 2.07 bits per heavy atom. The van der Waals surface area contributed by atoms with Crippen LogP contribution in [-0.4, -0.2) is 48.7 Å². The minimum absolute atomic E-state index is 0.0838. The molecule has 0 aromatic heterocycles. The summed E-state index contributed by atoms with van der Waals surface area (Å²) >= 11 is 0. The first kappa shape index (κ1) is 12.5. The molecule has 2 N–H and O–H groups in total. The standard InChI is InChI=1S/C11H22N2O2/c1-13(10-5-3-2-4-6-10)11(15)9-12-7-8-14/h10,12,14H,2-9H2,1H3. The lowest BCUT2D eigenvalue weighted by atomic mass is 9.94. The fraction of sp³-hybridized carbons (Fsp3) is 0.909. The van der Waals surface area contributed by atoms with E-state index in [9.17, 15) is 4.79 Å². The van der Waals surface area contributed by atoms with Crippen LogP contribution in [0.15, 0.2) is 0 Å². The molecular weight excluding hydrogens is 192 g/mol. The maximum absolute atomic E-state index is 11.7. The summed E-state index contributed by atoms with van der Waals surface area (Å²) < 4.78 is 0. The lowest BCUT2D eigenvalue weighted by Gasteiger charge is -2.31. The Labute approximate surface area is 91.6 Å². The van der Waals surface area contributed by atoms with Gasteiger partial charge in [0.05, 0.1) is 13.2 Å². The van der Waals surface area contributed by atoms with Crippen LogP contribution in [0.5, 0.6) is 0 Å². The van der Waals surface area contributed by atoms with Crippen molar-refractivity contribution in [1.29, 1.82) is 0 Å². The van der Waals surface area contributed by atoms with Gasteiger partial charge in [-0.1, -0.05) is 19.3 Å². The van der Waals surface area contributed by atoms with Crippen molar-refractivity contribution < 1.29 is 9.90 Å². The van der Waals surface area contributed by atoms with Crippen molar-refractivity contribution in [1.82, 2.24) is 10.2 Å². The number of nitrogens with zero attached hydrogens (tertiary/aromatic N) is 1. The van der Waals surface area contributed by atoms with Gasteiger partial charge in [-0.05, 0) is 12.8 Å². The first-order valence-electron chi connectivity index (χ1n) is 5.83. The molecule has 1 fully saturated rings. The first-order valence-corrected chi connectivity index (χ1v) is 5.83. The van der Waals surface area contributed by atoms with Gasteiger partial charge in [-0.3, -0.25) is 4.79 Å². The summed E-state index contributed by atoms with van der Waals surface area (Å²) in [7, 11) is 1.89. The molecule has 0 radical (unpaired) electrons. The normalized spacial score (nSPS) is 17.7. The molecule has 4 nitrogen and oxygen atoms in total. The van der Waals surface area contributed by atoms with Gasteiger partial charge < -0.3 is 15.3 Å². The van der Waals surface area contributed by atoms with E-state index in [4.69, 9.17) is 5.11 Å². The van der Waals surface area contributed by atoms with Crippen molar-refractivity contribution in [3.05, 3.63) is 0 Å². The summed E-state index contributed by atoms with van der Waals surface area (Å²) in [4.78, 5) is 13.6. The minimum atomic E-state index is 0.0838. The molecule has 0 aromatic carbocycles. The van der Waals surface area contributed by atoms with Crippen molar-refractivity contribution in [3.63, 3.8) is 0 Å². The molecule has 0 atom stereocenters. The number of hydrogen-bond donors (Lipinski definition) is 2. The van der Waals surface area contributed by atoms with E-state index in [0.29, 0.717) is 19.1 Å². The molecule has 1 aliphatic carbocycles. The Morgan fingerprint density at radius 1 is 1.40 bits per heavy atom. The van der Waals surface area contributed by atoms with Gasteiger partial charge >= 0.3 is 0 Å². The van der Waals surface area contributed by atoms with Gasteiger partial charge in [0.15, 0.2) is 0 Å². The zero-order valence-corrected chi connectivity index (χ0v) is 9.54. The van der Waals surface area contributed by atoms with Crippen LogP contribution in [0.25, 0.3) is 0 Å². The molecule has 1 amide bonds. The van der Waals surface area contributed by atoms with Gasteiger partial charge in [-0.2, -0.15) is 0 Å². The average Bonchev–Trinajstić information content (AvgIpc) is 2.29. The fourth-order valence-electron chi connectivity index (χ4n) is 2.07. The van der Waals surface area contributed by atoms with Gasteiger partial charge in [0.2, 0.25) is 5.91 Å². The van der Waals surface area contributed by atoms with Crippen LogP contribution in [0.1, 0.15) is 32.1 Å². The van der Waals surface area contributed by atoms with Gasteiger partial charge in [0.1, 0.15) is 0 Å². The summed E-state index contributed by atoms with van der Waals surface area (Å²) in [6.07, 6.45) is 6.07. The highest BCUT2D eigenvalue weighted by atomic mass is 16.3. The molecule has 4 heteroatoms. The van der Waals surface area contributed by atoms with E-state index < -0.39 is 0 Å². The zero-order valence-electron chi connectivity index (χ0n) is 9.54. The Kier molecular flexibility index (Phi) is 5.65. The summed E-state index contributed by atoms with van der Waals surface area (Å²) in [5.41, 5.74) is 0. The molecular formula is C11H22N2O2. The van der Waals surface area contributed by atoms with Crippen LogP contribution in [0.2, 0.25) is 0 Å². The van der Waals surface area contributed by atoms with E-state index in [0.717, 1.165) is 12.8 Å². The molecule has 1 rings (SSSR count). The Hall–Kier alpha value is -0.610. The first-order chi connectivity index (χ1) is 7.25. The van der Waals surface area contributed by atoms with Crippen molar-refractivity contribution in [3.8, 4) is 0 Å². The fourth-order valence-corrected chi connectivity index (χ4v) is 2.07. The summed E-state index contributed by atoms with van der Waals surface area (Å²) in [5, 5.41) is 11.5. The third-order valence-electron chi connectivity index (χ3n) is 3.08. The SMILES string of the molecule is CN(C(=O)CNCCO)C1CCCCC1. The van der Waals surface area contributed by atoms with E-state index in [1.807, 2.05) is 11.9 Å². The third-order valence-corrected chi connectivity index (χ3v) is 3.08. The smallest absolute Gasteiger partial charge is 0.236 e. The lowest BCUT2D eigenvalue weighted by Crippen LogP contribution is -2.43. The highest BCUT2D eigenvalue weighted by Crippen LogP contribution is 2.21. The Bertz CT molecular complexity index is 191. The van der Waals surface area contributed by atoms with Crippen molar-refractivity contribution >= 4 is 5.91 Å². The van der Waals surface area contributed by atoms with Crippen LogP contribution >= 0.6 is 0 Å². The quantitative estimate of drug-likeness (QED) is 0.650. The number of aliphatic hydroxyl groups is 1. The van der Waals surface area contributed by atoms with E-state index in [2.05, 4.69) is 5.32 Å². The van der Waals surface area contributed by atoms with E-state index >= 15 is 0 Å². The average molecular weight is 214 g/mol. The molecule has 1 aliphatic rings. The topological polar surface area (TPSA) is 52.6 Å². The van der Waals surface area contributed by atoms with Crippen LogP contribution in [0, 0.1) is 0 Å². The number of likely N-dealkylation sites (N-methyl/N-ethyl adjacent to an activating group) is 1. The number of nitrogens with one attached hydrogen (secondary N) is 1. The van der Waals surface area contributed by atoms with E-state index in [-0.39, 0.29) is 12.5 Å². The monoisotopic (exact) mass is 214 g/mol. The predicted molar refractivity (Wildman–Crippen MR) is 59.6 cm³/mol. The summed E-state index contributed by atoms with van der Waals surface area (Å²) in [6, 6.07) is 0.433. The molecule has 15 heavy (non-hydrogen) atoms. The highest BCUT2D eigenvalue weighted by Gasteiger charge is 2.21. The lowest BCUT2D eigenvalue weighted by molar-refractivity contribution is -0.131. The van der Waals surface area contributed by atoms with Crippen molar-refractivity contribution in [2.75, 3.05) is 26.7 Å². The second-order valence-corrected chi connectivity index (χ2v) is 4.20. The van der Waals surface area contributed by atoms with E-state index in [1.54, 1.807) is 0 Å². The Morgan fingerprint density at radius 3 is 2.67 bits per heavy atom. The molecule has 0 unspecified atom stereocenters. The maximum Gasteiger partial charge on any atom is 0.236 e. The molecule has 0 spiro atoms. The van der Waals surface area contributed by atoms with Gasteiger partial charge in [0.25, 0.3) is 0 Å². The molecule has 88 valence electrons. The molecule has 0 aromatic rings. The van der Waals surface area contributed by atoms with Crippen LogP contribution in [0.4, 0.5) is 0 Å². The van der Waals surface area contributed by atoms with Crippen LogP contribution in [0.3, 0.4) is 0 Å². The number of hydrogen-bond acceptors (Lipinski definition) is 3. The number of aliphatic hydroxyl groups excluding tert-OH is 1. The minimum Gasteiger partial charge on any atom is -0.395 e. The number of amides is 1. The zero-order chi connectivity index (χ0) is 11.1. The molecule has 0 heterocycles. The third kappa shape index (κ3) is 4.18. The second-order valence-electron chi connectivity index (χ2n) is 4.20. The van der Waals surface area contributed by atoms with Crippen molar-refractivity contribution in [2.24, 2.45) is 0 Å². The molecule has 1 saturated carbocycles. The van der Waals surface area contributed by atoms with Crippen LogP contribution in [-0.2, 0) is 4.79 Å². The molecule has 0 bridgehead atoms. The Balaban J connectivity index is 2.24. The summed E-state index contributed by atoms with van der Waals surface area (Å²) in [6.45, 7) is 0.915. The predicted octanol–water partition coefficient (Wildman–Crippen LogP) is 0.359. The van der Waals surface area contributed by atoms with Crippen LogP contribution < -0.4 is 5.32 Å². The molecule has 0 saturated heterocycles. The largest absolute Gasteiger partial charge is 0.395 e. The second kappa shape index (κ2) is 6.80. The maximum atomic E-state index is 11.7. The van der Waals surface area contributed by atoms with Gasteiger partial charge in [-0.25, -0.2) is 0 Å². The highest BCUT2D eigenvalue weighted by molar-refractivity contribution is 5.78. The number of carbonyl (C=O) groups is 1. The summed E-state index contributed by atoms with van der Waals surface area (Å²) in [5.74, 6) is 0.135. The van der Waals surface area contributed by atoms with E-state index in [1.165, 1.54) is 19.3 Å². The van der Waals surface area contributed by atoms with Gasteiger partial charge in [0, 0.05) is 19.6 Å². The van der Waals surface area contributed by atoms with Crippen molar-refractivity contribution in [2.45, 2.75) is 38.1 Å². The number of carbonyl (C=O) groups excluding carboxylic acids is 1. The van der Waals surface area contributed by atoms with Gasteiger partial charge in [-0.15, -0.1) is 0 Å². The number of rotatable bonds is 5.